The van der Waals surface area contributed by atoms with Crippen LogP contribution in [0.25, 0.3) is 0 Å². The van der Waals surface area contributed by atoms with Gasteiger partial charge in [0.25, 0.3) is 5.91 Å². The van der Waals surface area contributed by atoms with E-state index < -0.39 is 5.82 Å². The molecule has 1 amide bonds. The number of benzene rings is 2. The number of aryl methyl sites for hydroxylation is 1. The Kier molecular flexibility index (Phi) is 7.34. The van der Waals surface area contributed by atoms with Gasteiger partial charge in [0.05, 0.1) is 7.11 Å². The number of carbonyl (C=O) groups excluding carboxylic acids is 2. The van der Waals surface area contributed by atoms with Gasteiger partial charge < -0.3 is 19.2 Å². The molecule has 0 aliphatic heterocycles. The average Bonchev–Trinajstić information content (AvgIpc) is 2.65. The SMILES string of the molecule is COc1ccc(CN(C)C(=O)COc2ccc(CCC(C)=O)cc2)cc1F. The summed E-state index contributed by atoms with van der Waals surface area (Å²) in [5, 5.41) is 0. The maximum atomic E-state index is 13.7. The van der Waals surface area contributed by atoms with Gasteiger partial charge >= 0.3 is 0 Å². The highest BCUT2D eigenvalue weighted by Gasteiger charge is 2.12. The van der Waals surface area contributed by atoms with Crippen molar-refractivity contribution in [2.24, 2.45) is 0 Å². The molecule has 0 aromatic heterocycles. The maximum absolute atomic E-state index is 13.7. The van der Waals surface area contributed by atoms with Gasteiger partial charge in [0.2, 0.25) is 0 Å². The monoisotopic (exact) mass is 373 g/mol. The van der Waals surface area contributed by atoms with Crippen molar-refractivity contribution in [3.63, 3.8) is 0 Å². The summed E-state index contributed by atoms with van der Waals surface area (Å²) in [7, 11) is 3.04. The number of halogens is 1. The molecule has 0 N–H and O–H groups in total. The number of likely N-dealkylation sites (N-methyl/N-ethyl adjacent to an activating group) is 1. The number of nitrogens with zero attached hydrogens (tertiary/aromatic N) is 1. The summed E-state index contributed by atoms with van der Waals surface area (Å²) in [4.78, 5) is 24.7. The minimum atomic E-state index is -0.461. The van der Waals surface area contributed by atoms with Crippen LogP contribution in [0, 0.1) is 5.82 Å². The smallest absolute Gasteiger partial charge is 0.260 e. The first-order valence-corrected chi connectivity index (χ1v) is 8.66. The molecule has 0 spiro atoms. The third kappa shape index (κ3) is 6.40. The Morgan fingerprint density at radius 1 is 1.07 bits per heavy atom. The van der Waals surface area contributed by atoms with Crippen LogP contribution >= 0.6 is 0 Å². The highest BCUT2D eigenvalue weighted by Crippen LogP contribution is 2.18. The van der Waals surface area contributed by atoms with Crippen LogP contribution in [-0.4, -0.2) is 37.4 Å². The second-order valence-electron chi connectivity index (χ2n) is 6.35. The van der Waals surface area contributed by atoms with E-state index in [2.05, 4.69) is 0 Å². The molecule has 2 rings (SSSR count). The normalized spacial score (nSPS) is 10.4. The van der Waals surface area contributed by atoms with Crippen LogP contribution < -0.4 is 9.47 Å². The summed E-state index contributed by atoms with van der Waals surface area (Å²) >= 11 is 0. The molecule has 0 saturated carbocycles. The summed E-state index contributed by atoms with van der Waals surface area (Å²) in [6.45, 7) is 1.73. The number of ether oxygens (including phenoxy) is 2. The van der Waals surface area contributed by atoms with E-state index >= 15 is 0 Å². The van der Waals surface area contributed by atoms with Crippen LogP contribution in [0.15, 0.2) is 42.5 Å². The van der Waals surface area contributed by atoms with E-state index in [1.165, 1.54) is 24.1 Å². The Balaban J connectivity index is 1.84. The fraction of sp³-hybridized carbons (Fsp3) is 0.333. The predicted molar refractivity (Wildman–Crippen MR) is 100 cm³/mol. The van der Waals surface area contributed by atoms with E-state index in [-0.39, 0.29) is 30.6 Å². The fourth-order valence-corrected chi connectivity index (χ4v) is 2.50. The van der Waals surface area contributed by atoms with Crippen molar-refractivity contribution in [2.75, 3.05) is 20.8 Å². The van der Waals surface area contributed by atoms with Crippen LogP contribution in [0.3, 0.4) is 0 Å². The number of rotatable bonds is 9. The summed E-state index contributed by atoms with van der Waals surface area (Å²) in [6.07, 6.45) is 1.20. The zero-order valence-corrected chi connectivity index (χ0v) is 15.8. The quantitative estimate of drug-likeness (QED) is 0.676. The molecule has 2 aromatic carbocycles. The molecular weight excluding hydrogens is 349 g/mol. The highest BCUT2D eigenvalue weighted by atomic mass is 19.1. The van der Waals surface area contributed by atoms with E-state index in [0.29, 0.717) is 24.2 Å². The van der Waals surface area contributed by atoms with Crippen LogP contribution in [0.4, 0.5) is 4.39 Å². The highest BCUT2D eigenvalue weighted by molar-refractivity contribution is 5.77. The molecular formula is C21H24FNO4. The Hall–Kier alpha value is -2.89. The van der Waals surface area contributed by atoms with E-state index in [4.69, 9.17) is 9.47 Å². The van der Waals surface area contributed by atoms with Crippen LogP contribution in [-0.2, 0) is 22.6 Å². The van der Waals surface area contributed by atoms with Gasteiger partial charge in [-0.1, -0.05) is 18.2 Å². The lowest BCUT2D eigenvalue weighted by Gasteiger charge is -2.18. The molecule has 2 aromatic rings. The molecule has 0 atom stereocenters. The van der Waals surface area contributed by atoms with E-state index in [1.54, 1.807) is 32.2 Å². The zero-order chi connectivity index (χ0) is 19.8. The lowest BCUT2D eigenvalue weighted by Crippen LogP contribution is -2.31. The Morgan fingerprint density at radius 3 is 2.33 bits per heavy atom. The van der Waals surface area contributed by atoms with Gasteiger partial charge in [-0.15, -0.1) is 0 Å². The maximum Gasteiger partial charge on any atom is 0.260 e. The Bertz CT molecular complexity index is 789. The first kappa shape index (κ1) is 20.4. The van der Waals surface area contributed by atoms with Crippen molar-refractivity contribution in [3.8, 4) is 11.5 Å². The molecule has 5 nitrogen and oxygen atoms in total. The fourth-order valence-electron chi connectivity index (χ4n) is 2.50. The summed E-state index contributed by atoms with van der Waals surface area (Å²) < 4.78 is 24.1. The van der Waals surface area contributed by atoms with Crippen molar-refractivity contribution in [2.45, 2.75) is 26.3 Å². The van der Waals surface area contributed by atoms with Crippen LogP contribution in [0.2, 0.25) is 0 Å². The Morgan fingerprint density at radius 2 is 1.74 bits per heavy atom. The second kappa shape index (κ2) is 9.71. The number of amides is 1. The van der Waals surface area contributed by atoms with Gasteiger partial charge in [0, 0.05) is 20.0 Å². The lowest BCUT2D eigenvalue weighted by molar-refractivity contribution is -0.132. The van der Waals surface area contributed by atoms with Gasteiger partial charge in [0.15, 0.2) is 18.2 Å². The van der Waals surface area contributed by atoms with Gasteiger partial charge in [-0.3, -0.25) is 4.79 Å². The number of Topliss-reactive ketones (excluding diaryl/α,β-unsaturated/α-hetero) is 1. The largest absolute Gasteiger partial charge is 0.494 e. The summed E-state index contributed by atoms with van der Waals surface area (Å²) in [5.41, 5.74) is 1.71. The van der Waals surface area contributed by atoms with Crippen molar-refractivity contribution in [1.82, 2.24) is 4.90 Å². The van der Waals surface area contributed by atoms with E-state index in [1.807, 2.05) is 12.1 Å². The number of carbonyl (C=O) groups is 2. The average molecular weight is 373 g/mol. The molecule has 0 unspecified atom stereocenters. The predicted octanol–water partition coefficient (Wildman–Crippen LogP) is 3.39. The van der Waals surface area contributed by atoms with E-state index in [0.717, 1.165) is 5.56 Å². The molecule has 0 aliphatic rings. The van der Waals surface area contributed by atoms with Crippen molar-refractivity contribution in [3.05, 3.63) is 59.4 Å². The van der Waals surface area contributed by atoms with Gasteiger partial charge in [0.1, 0.15) is 11.5 Å². The molecule has 6 heteroatoms. The second-order valence-corrected chi connectivity index (χ2v) is 6.35. The van der Waals surface area contributed by atoms with E-state index in [9.17, 15) is 14.0 Å². The van der Waals surface area contributed by atoms with Crippen LogP contribution in [0.1, 0.15) is 24.5 Å². The molecule has 0 fully saturated rings. The van der Waals surface area contributed by atoms with Gasteiger partial charge in [-0.2, -0.15) is 0 Å². The number of ketones is 1. The first-order chi connectivity index (χ1) is 12.9. The molecule has 144 valence electrons. The van der Waals surface area contributed by atoms with Crippen molar-refractivity contribution in [1.29, 1.82) is 0 Å². The van der Waals surface area contributed by atoms with Crippen LogP contribution in [0.5, 0.6) is 11.5 Å². The molecule has 0 aliphatic carbocycles. The van der Waals surface area contributed by atoms with Crippen molar-refractivity contribution < 1.29 is 23.5 Å². The van der Waals surface area contributed by atoms with Gasteiger partial charge in [-0.05, 0) is 48.7 Å². The number of hydrogen-bond acceptors (Lipinski definition) is 4. The Labute approximate surface area is 158 Å². The standard InChI is InChI=1S/C21H24FNO4/c1-15(24)4-5-16-6-9-18(10-7-16)27-14-21(25)23(2)13-17-8-11-20(26-3)19(22)12-17/h6-12H,4-5,13-14H2,1-3H3. The summed E-state index contributed by atoms with van der Waals surface area (Å²) in [6, 6.07) is 11.9. The van der Waals surface area contributed by atoms with Gasteiger partial charge in [-0.25, -0.2) is 4.39 Å². The number of hydrogen-bond donors (Lipinski definition) is 0. The molecule has 0 radical (unpaired) electrons. The third-order valence-corrected chi connectivity index (χ3v) is 4.11. The number of methoxy groups -OCH3 is 1. The zero-order valence-electron chi connectivity index (χ0n) is 15.8. The molecule has 0 heterocycles. The summed E-state index contributed by atoms with van der Waals surface area (Å²) in [5.74, 6) is 0.228. The molecule has 0 saturated heterocycles. The third-order valence-electron chi connectivity index (χ3n) is 4.11. The molecule has 27 heavy (non-hydrogen) atoms. The lowest BCUT2D eigenvalue weighted by atomic mass is 10.1. The first-order valence-electron chi connectivity index (χ1n) is 8.66. The molecule has 0 bridgehead atoms. The minimum absolute atomic E-state index is 0.109. The van der Waals surface area contributed by atoms with Crippen molar-refractivity contribution >= 4 is 11.7 Å². The minimum Gasteiger partial charge on any atom is -0.494 e. The topological polar surface area (TPSA) is 55.8 Å².